The quantitative estimate of drug-likeness (QED) is 0.221. The minimum atomic E-state index is -0.597. The van der Waals surface area contributed by atoms with Crippen molar-refractivity contribution in [3.05, 3.63) is 76.3 Å². The summed E-state index contributed by atoms with van der Waals surface area (Å²) in [6.07, 6.45) is 0.922. The maximum Gasteiger partial charge on any atom is 0.338 e. The number of esters is 2. The predicted molar refractivity (Wildman–Crippen MR) is 162 cm³/mol. The van der Waals surface area contributed by atoms with Crippen LogP contribution in [0.5, 0.6) is 11.5 Å². The van der Waals surface area contributed by atoms with Crippen molar-refractivity contribution in [2.45, 2.75) is 59.5 Å². The van der Waals surface area contributed by atoms with E-state index < -0.39 is 11.6 Å². The van der Waals surface area contributed by atoms with E-state index in [0.717, 1.165) is 12.0 Å². The van der Waals surface area contributed by atoms with Gasteiger partial charge in [0, 0.05) is 22.7 Å². The first-order valence-electron chi connectivity index (χ1n) is 13.4. The molecule has 0 saturated carbocycles. The van der Waals surface area contributed by atoms with E-state index in [1.54, 1.807) is 81.4 Å². The van der Waals surface area contributed by atoms with Crippen molar-refractivity contribution in [2.24, 2.45) is 5.92 Å². The fraction of sp³-hybridized carbons (Fsp3) is 0.344. The van der Waals surface area contributed by atoms with Gasteiger partial charge in [0.15, 0.2) is 5.75 Å². The van der Waals surface area contributed by atoms with Crippen LogP contribution in [0.4, 0.5) is 5.69 Å². The highest BCUT2D eigenvalue weighted by atomic mass is 35.5. The van der Waals surface area contributed by atoms with Crippen LogP contribution in [0, 0.1) is 5.92 Å². The zero-order valence-corrected chi connectivity index (χ0v) is 25.4. The van der Waals surface area contributed by atoms with Crippen molar-refractivity contribution < 1.29 is 28.6 Å². The predicted octanol–water partition coefficient (Wildman–Crippen LogP) is 8.72. The molecule has 1 N–H and O–H groups in total. The third-order valence-corrected chi connectivity index (χ3v) is 6.47. The van der Waals surface area contributed by atoms with Crippen molar-refractivity contribution in [1.29, 1.82) is 0 Å². The monoisotopic (exact) mass is 599 g/mol. The summed E-state index contributed by atoms with van der Waals surface area (Å²) in [4.78, 5) is 36.5. The summed E-state index contributed by atoms with van der Waals surface area (Å²) >= 11 is 12.8. The Hall–Kier alpha value is -3.55. The molecular weight excluding hydrogens is 565 g/mol. The first-order chi connectivity index (χ1) is 19.3. The smallest absolute Gasteiger partial charge is 0.338 e. The number of ether oxygens (including phenoxy) is 3. The molecule has 41 heavy (non-hydrogen) atoms. The zero-order valence-electron chi connectivity index (χ0n) is 23.9. The second-order valence-electron chi connectivity index (χ2n) is 10.7. The van der Waals surface area contributed by atoms with Crippen LogP contribution in [-0.4, -0.2) is 30.1 Å². The molecule has 0 aromatic heterocycles. The lowest BCUT2D eigenvalue weighted by molar-refractivity contribution is -0.155. The zero-order chi connectivity index (χ0) is 30.2. The van der Waals surface area contributed by atoms with Crippen molar-refractivity contribution in [3.8, 4) is 22.6 Å². The summed E-state index contributed by atoms with van der Waals surface area (Å²) < 4.78 is 16.8. The molecule has 1 atom stereocenters. The largest absolute Gasteiger partial charge is 0.462 e. The molecule has 0 aliphatic rings. The van der Waals surface area contributed by atoms with Gasteiger partial charge in [-0.1, -0.05) is 55.6 Å². The van der Waals surface area contributed by atoms with E-state index in [4.69, 9.17) is 37.4 Å². The number of carbonyl (C=O) groups is 3. The minimum Gasteiger partial charge on any atom is -0.462 e. The summed E-state index contributed by atoms with van der Waals surface area (Å²) in [7, 11) is 0. The highest BCUT2D eigenvalue weighted by Gasteiger charge is 2.18. The van der Waals surface area contributed by atoms with Gasteiger partial charge in [0.1, 0.15) is 11.4 Å². The van der Waals surface area contributed by atoms with Gasteiger partial charge < -0.3 is 19.5 Å². The summed E-state index contributed by atoms with van der Waals surface area (Å²) in [5.74, 6) is 0.0447. The summed E-state index contributed by atoms with van der Waals surface area (Å²) in [5.41, 5.74) is 1.78. The summed E-state index contributed by atoms with van der Waals surface area (Å²) in [6, 6.07) is 17.0. The molecule has 0 saturated heterocycles. The number of hydrogen-bond acceptors (Lipinski definition) is 6. The van der Waals surface area contributed by atoms with Gasteiger partial charge in [0.05, 0.1) is 23.6 Å². The average Bonchev–Trinajstić information content (AvgIpc) is 2.91. The Labute approximate surface area is 251 Å². The number of amides is 1. The Bertz CT molecular complexity index is 1360. The Kier molecular flexibility index (Phi) is 11.2. The fourth-order valence-corrected chi connectivity index (χ4v) is 4.17. The summed E-state index contributed by atoms with van der Waals surface area (Å²) in [5, 5.41) is 3.50. The van der Waals surface area contributed by atoms with Crippen LogP contribution in [0.3, 0.4) is 0 Å². The molecule has 0 fully saturated rings. The normalized spacial score (nSPS) is 11.9. The van der Waals surface area contributed by atoms with E-state index in [9.17, 15) is 14.4 Å². The lowest BCUT2D eigenvalue weighted by atomic mass is 10.0. The number of carbonyl (C=O) groups excluding carboxylic acids is 3. The molecule has 0 heterocycles. The van der Waals surface area contributed by atoms with Gasteiger partial charge in [-0.2, -0.15) is 0 Å². The van der Waals surface area contributed by atoms with E-state index in [0.29, 0.717) is 50.9 Å². The highest BCUT2D eigenvalue weighted by Crippen LogP contribution is 2.41. The molecule has 0 spiro atoms. The van der Waals surface area contributed by atoms with Gasteiger partial charge >= 0.3 is 11.9 Å². The maximum atomic E-state index is 12.4. The van der Waals surface area contributed by atoms with Crippen molar-refractivity contribution in [1.82, 2.24) is 0 Å². The first-order valence-corrected chi connectivity index (χ1v) is 14.2. The van der Waals surface area contributed by atoms with Gasteiger partial charge in [0.25, 0.3) is 0 Å². The van der Waals surface area contributed by atoms with Gasteiger partial charge in [-0.05, 0) is 80.8 Å². The number of benzene rings is 3. The standard InChI is InChI=1S/C32H35Cl2NO6/c1-6-20(2)19-39-31(38)22-9-7-21(8-10-22)26-17-23(33)18-27(34)30(26)40-25-13-11-24(12-14-25)35-28(36)15-16-29(37)41-32(3,4)5/h7-14,17-18,20H,6,15-16,19H2,1-5H3,(H,35,36). The Balaban J connectivity index is 1.69. The average molecular weight is 601 g/mol. The number of nitrogens with one attached hydrogen (secondary N) is 1. The Morgan fingerprint density at radius 2 is 1.59 bits per heavy atom. The van der Waals surface area contributed by atoms with Gasteiger partial charge in [-0.15, -0.1) is 0 Å². The molecule has 3 rings (SSSR count). The fourth-order valence-electron chi connectivity index (χ4n) is 3.64. The van der Waals surface area contributed by atoms with E-state index in [1.807, 2.05) is 13.8 Å². The molecule has 0 bridgehead atoms. The number of anilines is 1. The van der Waals surface area contributed by atoms with Gasteiger partial charge in [-0.25, -0.2) is 4.79 Å². The van der Waals surface area contributed by atoms with Crippen LogP contribution in [0.2, 0.25) is 10.0 Å². The van der Waals surface area contributed by atoms with Crippen LogP contribution in [0.25, 0.3) is 11.1 Å². The molecule has 0 radical (unpaired) electrons. The van der Waals surface area contributed by atoms with Crippen LogP contribution in [-0.2, 0) is 19.1 Å². The molecule has 3 aromatic carbocycles. The lowest BCUT2D eigenvalue weighted by Crippen LogP contribution is -2.24. The van der Waals surface area contributed by atoms with Crippen LogP contribution < -0.4 is 10.1 Å². The molecule has 0 aliphatic carbocycles. The molecule has 7 nitrogen and oxygen atoms in total. The highest BCUT2D eigenvalue weighted by molar-refractivity contribution is 6.36. The van der Waals surface area contributed by atoms with Gasteiger partial charge in [-0.3, -0.25) is 9.59 Å². The number of hydrogen-bond donors (Lipinski definition) is 1. The minimum absolute atomic E-state index is 0.00524. The second kappa shape index (κ2) is 14.4. The van der Waals surface area contributed by atoms with Gasteiger partial charge in [0.2, 0.25) is 5.91 Å². The van der Waals surface area contributed by atoms with Crippen LogP contribution >= 0.6 is 23.2 Å². The lowest BCUT2D eigenvalue weighted by Gasteiger charge is -2.19. The molecule has 3 aromatic rings. The Morgan fingerprint density at radius 3 is 2.20 bits per heavy atom. The van der Waals surface area contributed by atoms with E-state index in [2.05, 4.69) is 5.32 Å². The van der Waals surface area contributed by atoms with E-state index in [1.165, 1.54) is 0 Å². The molecule has 1 amide bonds. The third-order valence-electron chi connectivity index (χ3n) is 5.97. The third kappa shape index (κ3) is 10.1. The van der Waals surface area contributed by atoms with E-state index >= 15 is 0 Å². The van der Waals surface area contributed by atoms with Crippen molar-refractivity contribution in [3.63, 3.8) is 0 Å². The summed E-state index contributed by atoms with van der Waals surface area (Å²) in [6.45, 7) is 9.77. The molecule has 9 heteroatoms. The second-order valence-corrected chi connectivity index (χ2v) is 11.6. The first kappa shape index (κ1) is 32.0. The molecule has 218 valence electrons. The number of halogens is 2. The SMILES string of the molecule is CCC(C)COC(=O)c1ccc(-c2cc(Cl)cc(Cl)c2Oc2ccc(NC(=O)CCC(=O)OC(C)(C)C)cc2)cc1. The topological polar surface area (TPSA) is 90.9 Å². The van der Waals surface area contributed by atoms with Crippen molar-refractivity contribution in [2.75, 3.05) is 11.9 Å². The molecule has 1 unspecified atom stereocenters. The maximum absolute atomic E-state index is 12.4. The van der Waals surface area contributed by atoms with Crippen molar-refractivity contribution >= 4 is 46.7 Å². The van der Waals surface area contributed by atoms with Crippen LogP contribution in [0.1, 0.15) is 64.2 Å². The number of rotatable bonds is 11. The van der Waals surface area contributed by atoms with Crippen LogP contribution in [0.15, 0.2) is 60.7 Å². The molecule has 0 aliphatic heterocycles. The Morgan fingerprint density at radius 1 is 0.927 bits per heavy atom. The van der Waals surface area contributed by atoms with E-state index in [-0.39, 0.29) is 24.7 Å². The molecular formula is C32H35Cl2NO6.